The summed E-state index contributed by atoms with van der Waals surface area (Å²) in [5.41, 5.74) is 0.531. The fraction of sp³-hybridized carbons (Fsp3) is 0.455. The van der Waals surface area contributed by atoms with Gasteiger partial charge in [-0.3, -0.25) is 4.79 Å². The Hall–Kier alpha value is -2.07. The molecule has 1 aromatic carbocycles. The smallest absolute Gasteiger partial charge is 0.253 e. The van der Waals surface area contributed by atoms with Crippen LogP contribution in [0.1, 0.15) is 49.4 Å². The lowest BCUT2D eigenvalue weighted by atomic mass is 10.0. The summed E-state index contributed by atoms with van der Waals surface area (Å²) < 4.78 is 5.30. The second kappa shape index (κ2) is 12.6. The van der Waals surface area contributed by atoms with Crippen molar-refractivity contribution < 1.29 is 14.3 Å². The van der Waals surface area contributed by atoms with E-state index in [2.05, 4.69) is 15.6 Å². The minimum Gasteiger partial charge on any atom is -0.466 e. The number of aliphatic imine (C=N–C) groups is 1. The first kappa shape index (κ1) is 26.0. The lowest BCUT2D eigenvalue weighted by Gasteiger charge is -2.22. The number of nitrogens with zero attached hydrogens (tertiary/aromatic N) is 2. The number of guanidine groups is 1. The van der Waals surface area contributed by atoms with Crippen LogP contribution >= 0.6 is 24.0 Å². The van der Waals surface area contributed by atoms with Gasteiger partial charge in [-0.1, -0.05) is 12.1 Å². The summed E-state index contributed by atoms with van der Waals surface area (Å²) in [7, 11) is 0. The number of rotatable bonds is 9. The summed E-state index contributed by atoms with van der Waals surface area (Å²) in [6.45, 7) is 10.4. The maximum Gasteiger partial charge on any atom is 0.253 e. The topological polar surface area (TPSA) is 90.1 Å². The maximum atomic E-state index is 12.4. The van der Waals surface area contributed by atoms with Gasteiger partial charge in [0.2, 0.25) is 0 Å². The Bertz CT molecular complexity index is 785. The van der Waals surface area contributed by atoms with Crippen molar-refractivity contribution in [3.8, 4) is 0 Å². The molecule has 1 heterocycles. The number of carbonyl (C=O) groups is 1. The molecule has 0 saturated carbocycles. The molecule has 7 nitrogen and oxygen atoms in total. The largest absolute Gasteiger partial charge is 0.466 e. The predicted octanol–water partition coefficient (Wildman–Crippen LogP) is 3.34. The summed E-state index contributed by atoms with van der Waals surface area (Å²) >= 11 is 0. The number of furan rings is 1. The van der Waals surface area contributed by atoms with Gasteiger partial charge < -0.3 is 25.1 Å². The van der Waals surface area contributed by atoms with E-state index in [1.807, 2.05) is 45.0 Å². The molecule has 1 atom stereocenters. The van der Waals surface area contributed by atoms with Crippen molar-refractivity contribution in [1.82, 2.24) is 15.5 Å². The van der Waals surface area contributed by atoms with Crippen LogP contribution in [0.3, 0.4) is 0 Å². The molecule has 0 bridgehead atoms. The molecule has 2 aromatic rings. The van der Waals surface area contributed by atoms with Crippen molar-refractivity contribution in [3.05, 3.63) is 59.5 Å². The lowest BCUT2D eigenvalue weighted by Crippen LogP contribution is -2.44. The number of hydrogen-bond donors (Lipinski definition) is 3. The van der Waals surface area contributed by atoms with E-state index in [1.54, 1.807) is 24.0 Å². The van der Waals surface area contributed by atoms with Crippen molar-refractivity contribution in [2.24, 2.45) is 4.99 Å². The molecule has 0 aliphatic carbocycles. The van der Waals surface area contributed by atoms with Crippen molar-refractivity contribution >= 4 is 35.8 Å². The molecule has 30 heavy (non-hydrogen) atoms. The zero-order valence-corrected chi connectivity index (χ0v) is 20.5. The first-order valence-corrected chi connectivity index (χ1v) is 10.1. The van der Waals surface area contributed by atoms with Crippen LogP contribution in [0.5, 0.6) is 0 Å². The minimum absolute atomic E-state index is 0. The molecule has 1 aromatic heterocycles. The highest BCUT2D eigenvalue weighted by Gasteiger charge is 2.26. The Kier molecular flexibility index (Phi) is 10.9. The van der Waals surface area contributed by atoms with E-state index in [0.717, 1.165) is 5.56 Å². The van der Waals surface area contributed by atoms with E-state index in [0.29, 0.717) is 43.5 Å². The number of halogens is 1. The number of amides is 1. The van der Waals surface area contributed by atoms with Gasteiger partial charge in [0.15, 0.2) is 5.96 Å². The van der Waals surface area contributed by atoms with Crippen LogP contribution in [0.2, 0.25) is 0 Å². The molecular weight excluding hydrogens is 495 g/mol. The Morgan fingerprint density at radius 3 is 2.33 bits per heavy atom. The van der Waals surface area contributed by atoms with E-state index < -0.39 is 5.60 Å². The third-order valence-electron chi connectivity index (χ3n) is 4.67. The predicted molar refractivity (Wildman–Crippen MR) is 130 cm³/mol. The second-order valence-electron chi connectivity index (χ2n) is 6.97. The molecule has 2 rings (SSSR count). The fourth-order valence-electron chi connectivity index (χ4n) is 2.89. The van der Waals surface area contributed by atoms with Crippen molar-refractivity contribution in [3.63, 3.8) is 0 Å². The van der Waals surface area contributed by atoms with Crippen LogP contribution in [0.25, 0.3) is 0 Å². The molecule has 3 N–H and O–H groups in total. The van der Waals surface area contributed by atoms with Crippen LogP contribution < -0.4 is 10.6 Å². The Labute approximate surface area is 196 Å². The molecular formula is C22H33IN4O3. The van der Waals surface area contributed by atoms with E-state index in [9.17, 15) is 9.90 Å². The first-order chi connectivity index (χ1) is 13.9. The second-order valence-corrected chi connectivity index (χ2v) is 6.97. The summed E-state index contributed by atoms with van der Waals surface area (Å²) in [6, 6.07) is 11.0. The highest BCUT2D eigenvalue weighted by Crippen LogP contribution is 2.19. The van der Waals surface area contributed by atoms with Crippen LogP contribution in [-0.2, 0) is 12.1 Å². The summed E-state index contributed by atoms with van der Waals surface area (Å²) in [5.74, 6) is 1.14. The van der Waals surface area contributed by atoms with Crippen LogP contribution in [0.15, 0.2) is 52.1 Å². The first-order valence-electron chi connectivity index (χ1n) is 10.1. The highest BCUT2D eigenvalue weighted by molar-refractivity contribution is 14.0. The van der Waals surface area contributed by atoms with Gasteiger partial charge in [-0.2, -0.15) is 0 Å². The van der Waals surface area contributed by atoms with E-state index >= 15 is 0 Å². The molecule has 0 aliphatic rings. The monoisotopic (exact) mass is 528 g/mol. The fourth-order valence-corrected chi connectivity index (χ4v) is 2.89. The van der Waals surface area contributed by atoms with Gasteiger partial charge >= 0.3 is 0 Å². The van der Waals surface area contributed by atoms with Gasteiger partial charge in [-0.05, 0) is 57.5 Å². The van der Waals surface area contributed by atoms with Crippen LogP contribution in [0, 0.1) is 0 Å². The van der Waals surface area contributed by atoms with Gasteiger partial charge in [-0.25, -0.2) is 4.99 Å². The Morgan fingerprint density at radius 1 is 1.13 bits per heavy atom. The lowest BCUT2D eigenvalue weighted by molar-refractivity contribution is 0.0386. The molecule has 8 heteroatoms. The van der Waals surface area contributed by atoms with Crippen molar-refractivity contribution in [2.75, 3.05) is 26.2 Å². The van der Waals surface area contributed by atoms with Crippen LogP contribution in [0.4, 0.5) is 0 Å². The average Bonchev–Trinajstić information content (AvgIpc) is 3.27. The van der Waals surface area contributed by atoms with Gasteiger partial charge in [0.1, 0.15) is 11.4 Å². The maximum absolute atomic E-state index is 12.4. The summed E-state index contributed by atoms with van der Waals surface area (Å²) in [5, 5.41) is 16.9. The molecule has 0 fully saturated rings. The number of aliphatic hydroxyl groups is 1. The third-order valence-corrected chi connectivity index (χ3v) is 4.67. The van der Waals surface area contributed by atoms with Gasteiger partial charge in [0.25, 0.3) is 5.91 Å². The van der Waals surface area contributed by atoms with Gasteiger partial charge in [0.05, 0.1) is 19.4 Å². The number of benzene rings is 1. The van der Waals surface area contributed by atoms with E-state index in [-0.39, 0.29) is 36.4 Å². The van der Waals surface area contributed by atoms with Crippen molar-refractivity contribution in [1.29, 1.82) is 0 Å². The quantitative estimate of drug-likeness (QED) is 0.264. The van der Waals surface area contributed by atoms with Crippen LogP contribution in [-0.4, -0.2) is 48.1 Å². The summed E-state index contributed by atoms with van der Waals surface area (Å²) in [4.78, 5) is 18.8. The number of nitrogens with one attached hydrogen (secondary N) is 2. The van der Waals surface area contributed by atoms with E-state index in [1.165, 1.54) is 6.26 Å². The highest BCUT2D eigenvalue weighted by atomic mass is 127. The summed E-state index contributed by atoms with van der Waals surface area (Å²) in [6.07, 6.45) is 1.54. The average molecular weight is 528 g/mol. The molecule has 0 radical (unpaired) electrons. The van der Waals surface area contributed by atoms with Gasteiger partial charge in [-0.15, -0.1) is 24.0 Å². The molecule has 1 unspecified atom stereocenters. The number of hydrogen-bond acceptors (Lipinski definition) is 4. The molecule has 1 amide bonds. The van der Waals surface area contributed by atoms with Crippen molar-refractivity contribution in [2.45, 2.75) is 39.8 Å². The minimum atomic E-state index is -1.15. The zero-order chi connectivity index (χ0) is 21.3. The normalized spacial score (nSPS) is 13.2. The zero-order valence-electron chi connectivity index (χ0n) is 18.1. The molecule has 166 valence electrons. The third kappa shape index (κ3) is 7.32. The van der Waals surface area contributed by atoms with E-state index in [4.69, 9.17) is 4.42 Å². The SMILES string of the molecule is CCNC(=NCc1ccc(C(=O)N(CC)CC)cc1)NCC(C)(O)c1ccco1.I. The van der Waals surface area contributed by atoms with Gasteiger partial charge in [0, 0.05) is 25.2 Å². The molecule has 0 spiro atoms. The molecule has 0 aliphatic heterocycles. The molecule has 0 saturated heterocycles. The Balaban J connectivity index is 0.00000450. The Morgan fingerprint density at radius 2 is 1.80 bits per heavy atom. The standard InChI is InChI=1S/C22H32N4O3.HI/c1-5-23-21(25-16-22(4,28)19-9-8-14-29-19)24-15-17-10-12-18(13-11-17)20(27)26(6-2)7-3;/h8-14,28H,5-7,15-16H2,1-4H3,(H2,23,24,25);1H. The number of carbonyl (C=O) groups excluding carboxylic acids is 1.